The minimum Gasteiger partial charge on any atom is -0.478 e. The number of hydrogen-bond donors (Lipinski definition) is 4. The Labute approximate surface area is 355 Å². The Bertz CT molecular complexity index is 1110. The van der Waals surface area contributed by atoms with Gasteiger partial charge in [-0.3, -0.25) is 0 Å². The van der Waals surface area contributed by atoms with Gasteiger partial charge in [-0.25, -0.2) is 14.4 Å². The molecule has 332 valence electrons. The van der Waals surface area contributed by atoms with Crippen molar-refractivity contribution in [2.75, 3.05) is 47.1 Å². The fourth-order valence-corrected chi connectivity index (χ4v) is 4.20. The molecule has 0 aliphatic rings. The summed E-state index contributed by atoms with van der Waals surface area (Å²) in [5.74, 6) is -0.884. The van der Waals surface area contributed by atoms with Crippen LogP contribution in [0.3, 0.4) is 0 Å². The van der Waals surface area contributed by atoms with Gasteiger partial charge >= 0.3 is 17.9 Å². The number of unbranched alkanes of at least 4 members (excludes halogenated alkanes) is 10. The van der Waals surface area contributed by atoms with Crippen molar-refractivity contribution in [3.05, 3.63) is 79.4 Å². The van der Waals surface area contributed by atoms with Crippen molar-refractivity contribution in [1.82, 2.24) is 4.90 Å². The van der Waals surface area contributed by atoms with Crippen LogP contribution in [0.25, 0.3) is 6.08 Å². The molecule has 10 heteroatoms. The Kier molecular flexibility index (Phi) is 52.2. The third kappa shape index (κ3) is 67.9. The molecule has 1 aromatic rings. The molecule has 0 amide bonds. The molecule has 0 saturated heterocycles. The first-order chi connectivity index (χ1) is 26.7. The third-order valence-corrected chi connectivity index (χ3v) is 7.55. The summed E-state index contributed by atoms with van der Waals surface area (Å²) in [5.41, 5.74) is 2.01. The lowest BCUT2D eigenvalue weighted by atomic mass is 10.0. The largest absolute Gasteiger partial charge is 0.478 e. The second-order valence-corrected chi connectivity index (χ2v) is 16.1. The first kappa shape index (κ1) is 63.0. The van der Waals surface area contributed by atoms with Gasteiger partial charge in [0.25, 0.3) is 0 Å². The zero-order valence-corrected chi connectivity index (χ0v) is 38.6. The van der Waals surface area contributed by atoms with Crippen LogP contribution in [0.2, 0.25) is 0 Å². The van der Waals surface area contributed by atoms with Gasteiger partial charge in [-0.1, -0.05) is 174 Å². The molecule has 0 aromatic heterocycles. The molecular formula is C47H85NO8S. The van der Waals surface area contributed by atoms with Gasteiger partial charge in [0.1, 0.15) is 6.61 Å². The number of carboxylic acids is 1. The highest BCUT2D eigenvalue weighted by atomic mass is 32.1. The van der Waals surface area contributed by atoms with E-state index >= 15 is 0 Å². The van der Waals surface area contributed by atoms with E-state index < -0.39 is 11.9 Å². The quantitative estimate of drug-likeness (QED) is 0.0348. The van der Waals surface area contributed by atoms with Crippen LogP contribution in [0, 0.1) is 5.92 Å². The van der Waals surface area contributed by atoms with Crippen molar-refractivity contribution >= 4 is 36.6 Å². The highest BCUT2D eigenvalue weighted by Gasteiger charge is 2.09. The molecule has 0 heterocycles. The van der Waals surface area contributed by atoms with Crippen LogP contribution in [0.4, 0.5) is 0 Å². The van der Waals surface area contributed by atoms with Gasteiger partial charge in [-0.05, 0) is 52.3 Å². The van der Waals surface area contributed by atoms with E-state index in [1.54, 1.807) is 13.8 Å². The van der Waals surface area contributed by atoms with Gasteiger partial charge in [0.05, 0.1) is 19.8 Å². The van der Waals surface area contributed by atoms with Crippen molar-refractivity contribution in [3.8, 4) is 0 Å². The highest BCUT2D eigenvalue weighted by molar-refractivity contribution is 7.81. The van der Waals surface area contributed by atoms with Crippen LogP contribution in [-0.4, -0.2) is 89.9 Å². The first-order valence-electron chi connectivity index (χ1n) is 20.5. The van der Waals surface area contributed by atoms with Gasteiger partial charge in [-0.15, -0.1) is 0 Å². The topological polar surface area (TPSA) is 134 Å². The van der Waals surface area contributed by atoms with E-state index in [4.69, 9.17) is 20.1 Å². The van der Waals surface area contributed by atoms with E-state index in [9.17, 15) is 14.4 Å². The Hall–Kier alpha value is -3.18. The molecule has 3 N–H and O–H groups in total. The molecule has 0 radical (unpaired) electrons. The number of ether oxygens (including phenoxy) is 2. The maximum atomic E-state index is 11.0. The molecule has 9 nitrogen and oxygen atoms in total. The average molecular weight is 824 g/mol. The lowest BCUT2D eigenvalue weighted by molar-refractivity contribution is -0.140. The summed E-state index contributed by atoms with van der Waals surface area (Å²) < 4.78 is 9.71. The minimum atomic E-state index is -0.981. The van der Waals surface area contributed by atoms with Crippen molar-refractivity contribution in [2.24, 2.45) is 5.92 Å². The normalized spacial score (nSPS) is 9.86. The fourth-order valence-electron chi connectivity index (χ4n) is 4.04. The predicted octanol–water partition coefficient (Wildman–Crippen LogP) is 11.2. The molecule has 1 rings (SSSR count). The van der Waals surface area contributed by atoms with Crippen LogP contribution >= 0.6 is 12.6 Å². The number of thiol groups is 1. The van der Waals surface area contributed by atoms with Gasteiger partial charge in [0.2, 0.25) is 0 Å². The van der Waals surface area contributed by atoms with E-state index in [-0.39, 0.29) is 30.5 Å². The van der Waals surface area contributed by atoms with E-state index in [0.717, 1.165) is 31.4 Å². The van der Waals surface area contributed by atoms with E-state index in [2.05, 4.69) is 78.3 Å². The third-order valence-electron chi connectivity index (χ3n) is 7.33. The Morgan fingerprint density at radius 2 is 1.21 bits per heavy atom. The second kappa shape index (κ2) is 47.2. The van der Waals surface area contributed by atoms with Gasteiger partial charge in [0, 0.05) is 28.5 Å². The second-order valence-electron chi connectivity index (χ2n) is 14.9. The Morgan fingerprint density at radius 3 is 1.54 bits per heavy atom. The van der Waals surface area contributed by atoms with Gasteiger partial charge in [0.15, 0.2) is 0 Å². The summed E-state index contributed by atoms with van der Waals surface area (Å²) in [7, 11) is 3.85. The molecule has 0 saturated carbocycles. The molecule has 0 aliphatic carbocycles. The number of nitrogens with zero attached hydrogens (tertiary/aromatic N) is 1. The van der Waals surface area contributed by atoms with E-state index in [0.29, 0.717) is 17.8 Å². The summed E-state index contributed by atoms with van der Waals surface area (Å²) in [6.45, 7) is 29.4. The predicted molar refractivity (Wildman–Crippen MR) is 247 cm³/mol. The molecule has 0 aliphatic heterocycles. The summed E-state index contributed by atoms with van der Waals surface area (Å²) in [4.78, 5) is 32.7. The lowest BCUT2D eigenvalue weighted by Crippen LogP contribution is -2.15. The summed E-state index contributed by atoms with van der Waals surface area (Å²) in [5, 5.41) is 24.0. The van der Waals surface area contributed by atoms with Crippen molar-refractivity contribution in [2.45, 2.75) is 143 Å². The number of aliphatic hydroxyl groups is 2. The summed E-state index contributed by atoms with van der Waals surface area (Å²) >= 11 is 4.51. The van der Waals surface area contributed by atoms with Crippen LogP contribution < -0.4 is 0 Å². The Morgan fingerprint density at radius 1 is 0.772 bits per heavy atom. The number of likely N-dealkylation sites (N-methyl/N-ethyl adjacent to an activating group) is 1. The van der Waals surface area contributed by atoms with Crippen molar-refractivity contribution in [3.63, 3.8) is 0 Å². The molecule has 1 aromatic carbocycles. The number of hydrogen-bond acceptors (Lipinski definition) is 9. The maximum Gasteiger partial charge on any atom is 0.333 e. The fraction of sp³-hybridized carbons (Fsp3) is 0.638. The zero-order valence-electron chi connectivity index (χ0n) is 37.7. The number of rotatable bonds is 24. The Balaban J connectivity index is -0.000000198. The van der Waals surface area contributed by atoms with Crippen LogP contribution in [0.1, 0.15) is 144 Å². The first-order valence-corrected chi connectivity index (χ1v) is 21.0. The van der Waals surface area contributed by atoms with Gasteiger partial charge in [-0.2, -0.15) is 12.6 Å². The molecule has 0 atom stereocenters. The molecular weight excluding hydrogens is 739 g/mol. The molecule has 0 spiro atoms. The average Bonchev–Trinajstić information content (AvgIpc) is 3.15. The standard InChI is InChI=1S/C14H26O2.C12H26S.C8H8.C6H10O3.C4H11NO.C3H4O2/c1-12(2)10-8-6-5-7-9-11-16-14(15)13(3)4;1-4-5-6-7-8-9-10-11-12(2,3)13;1-2-8-6-4-3-5-7-8;1-5(2)6(8)9-4-3-7;1-5(2)3-4-6;1-2-3(4)5/h12H,3,5-11H2,1-2,4H3;13H,4-11H2,1-3H3;2-7H,1H2;7H,1,3-4H2,2H3;6H,3-4H2,1-2H3;2H,1H2,(H,4,5). The number of carboxylic acid groups (broad SMARTS) is 1. The highest BCUT2D eigenvalue weighted by Crippen LogP contribution is 2.21. The lowest BCUT2D eigenvalue weighted by Gasteiger charge is -2.16. The minimum absolute atomic E-state index is 0.0473. The van der Waals surface area contributed by atoms with E-state index in [1.165, 1.54) is 82.6 Å². The number of esters is 2. The number of carbonyl (C=O) groups is 3. The molecule has 0 fully saturated rings. The summed E-state index contributed by atoms with van der Waals surface area (Å²) in [6.07, 6.45) is 21.0. The number of benzene rings is 1. The monoisotopic (exact) mass is 824 g/mol. The number of carbonyl (C=O) groups excluding carboxylic acids is 2. The molecule has 0 bridgehead atoms. The number of aliphatic carboxylic acids is 1. The van der Waals surface area contributed by atoms with Crippen molar-refractivity contribution in [1.29, 1.82) is 0 Å². The SMILES string of the molecule is C=C(C)C(=O)OCCCCCCCC(C)C.C=C(C)C(=O)OCCO.C=CC(=O)O.C=Cc1ccccc1.CCCCCCCCCC(C)(C)S.CN(C)CCO. The van der Waals surface area contributed by atoms with Crippen LogP contribution in [0.5, 0.6) is 0 Å². The summed E-state index contributed by atoms with van der Waals surface area (Å²) in [6, 6.07) is 10.0. The molecule has 0 unspecified atom stereocenters. The number of aliphatic hydroxyl groups excluding tert-OH is 2. The maximum absolute atomic E-state index is 11.0. The van der Waals surface area contributed by atoms with Gasteiger partial charge < -0.3 is 29.7 Å². The molecule has 57 heavy (non-hydrogen) atoms. The van der Waals surface area contributed by atoms with E-state index in [1.807, 2.05) is 55.4 Å². The zero-order chi connectivity index (χ0) is 44.9. The van der Waals surface area contributed by atoms with Crippen LogP contribution in [0.15, 0.2) is 73.9 Å². The smallest absolute Gasteiger partial charge is 0.333 e. The van der Waals surface area contributed by atoms with Crippen molar-refractivity contribution < 1.29 is 39.2 Å². The van der Waals surface area contributed by atoms with Crippen LogP contribution in [-0.2, 0) is 23.9 Å².